The van der Waals surface area contributed by atoms with Crippen LogP contribution >= 0.6 is 12.4 Å². The monoisotopic (exact) mass is 264 g/mol. The highest BCUT2D eigenvalue weighted by molar-refractivity contribution is 5.85. The van der Waals surface area contributed by atoms with Crippen molar-refractivity contribution in [1.82, 2.24) is 5.32 Å². The molecule has 3 N–H and O–H groups in total. The van der Waals surface area contributed by atoms with Gasteiger partial charge in [0.2, 0.25) is 5.91 Å². The molecule has 1 amide bonds. The Hall–Kier alpha value is -1.20. The summed E-state index contributed by atoms with van der Waals surface area (Å²) in [5, 5.41) is 2.45. The van der Waals surface area contributed by atoms with E-state index in [0.29, 0.717) is 6.42 Å². The van der Waals surface area contributed by atoms with Crippen LogP contribution in [0.15, 0.2) is 18.2 Å². The molecule has 1 aromatic rings. The van der Waals surface area contributed by atoms with Gasteiger partial charge in [-0.15, -0.1) is 12.4 Å². The van der Waals surface area contributed by atoms with Crippen molar-refractivity contribution < 1.29 is 13.6 Å². The minimum Gasteiger partial charge on any atom is -0.351 e. The van der Waals surface area contributed by atoms with Crippen molar-refractivity contribution in [2.75, 3.05) is 0 Å². The fraction of sp³-hybridized carbons (Fsp3) is 0.364. The number of hydrogen-bond donors (Lipinski definition) is 2. The lowest BCUT2D eigenvalue weighted by atomic mass is 10.2. The van der Waals surface area contributed by atoms with Crippen LogP contribution in [0.3, 0.4) is 0 Å². The number of nitrogens with two attached hydrogens (primary N) is 1. The first-order chi connectivity index (χ1) is 7.54. The first kappa shape index (κ1) is 15.8. The minimum absolute atomic E-state index is 0. The molecule has 6 heteroatoms. The quantitative estimate of drug-likeness (QED) is 0.870. The van der Waals surface area contributed by atoms with E-state index in [1.807, 2.05) is 0 Å². The highest BCUT2D eigenvalue weighted by Gasteiger charge is 2.11. The third-order valence-electron chi connectivity index (χ3n) is 2.24. The number of carbonyl (C=O) groups excluding carboxylic acids is 1. The van der Waals surface area contributed by atoms with Crippen LogP contribution in [0.5, 0.6) is 0 Å². The van der Waals surface area contributed by atoms with Gasteiger partial charge < -0.3 is 11.1 Å². The number of rotatable bonds is 4. The zero-order chi connectivity index (χ0) is 12.1. The van der Waals surface area contributed by atoms with Gasteiger partial charge in [-0.2, -0.15) is 0 Å². The Balaban J connectivity index is 0.00000256. The van der Waals surface area contributed by atoms with Gasteiger partial charge in [0.25, 0.3) is 0 Å². The topological polar surface area (TPSA) is 55.1 Å². The van der Waals surface area contributed by atoms with Gasteiger partial charge in [-0.1, -0.05) is 6.92 Å². The Bertz CT molecular complexity index is 388. The molecule has 96 valence electrons. The summed E-state index contributed by atoms with van der Waals surface area (Å²) in [4.78, 5) is 11.3. The van der Waals surface area contributed by atoms with Crippen LogP contribution in [-0.2, 0) is 11.3 Å². The fourth-order valence-corrected chi connectivity index (χ4v) is 1.18. The minimum atomic E-state index is -0.614. The van der Waals surface area contributed by atoms with Crippen LogP contribution in [0.25, 0.3) is 0 Å². The smallest absolute Gasteiger partial charge is 0.237 e. The van der Waals surface area contributed by atoms with E-state index in [1.165, 1.54) is 0 Å². The number of amides is 1. The van der Waals surface area contributed by atoms with Crippen LogP contribution < -0.4 is 11.1 Å². The molecule has 0 aromatic heterocycles. The molecule has 0 aliphatic heterocycles. The van der Waals surface area contributed by atoms with E-state index >= 15 is 0 Å². The van der Waals surface area contributed by atoms with Gasteiger partial charge in [-0.25, -0.2) is 8.78 Å². The van der Waals surface area contributed by atoms with Crippen LogP contribution in [0, 0.1) is 11.6 Å². The van der Waals surface area contributed by atoms with Crippen molar-refractivity contribution in [3.8, 4) is 0 Å². The second kappa shape index (κ2) is 7.19. The lowest BCUT2D eigenvalue weighted by Gasteiger charge is -2.10. The van der Waals surface area contributed by atoms with Crippen molar-refractivity contribution in [1.29, 1.82) is 0 Å². The van der Waals surface area contributed by atoms with Gasteiger partial charge in [0.1, 0.15) is 11.6 Å². The van der Waals surface area contributed by atoms with E-state index in [2.05, 4.69) is 5.32 Å². The number of hydrogen-bond acceptors (Lipinski definition) is 2. The first-order valence-electron chi connectivity index (χ1n) is 5.01. The van der Waals surface area contributed by atoms with Crippen LogP contribution in [0.4, 0.5) is 8.78 Å². The van der Waals surface area contributed by atoms with Gasteiger partial charge >= 0.3 is 0 Å². The molecule has 0 saturated carbocycles. The molecule has 0 fully saturated rings. The van der Waals surface area contributed by atoms with Crippen LogP contribution in [0.1, 0.15) is 18.9 Å². The first-order valence-corrected chi connectivity index (χ1v) is 5.01. The summed E-state index contributed by atoms with van der Waals surface area (Å²) >= 11 is 0. The van der Waals surface area contributed by atoms with Crippen molar-refractivity contribution in [2.24, 2.45) is 5.73 Å². The summed E-state index contributed by atoms with van der Waals surface area (Å²) < 4.78 is 25.9. The van der Waals surface area contributed by atoms with Gasteiger partial charge in [-0.05, 0) is 24.6 Å². The molecule has 0 unspecified atom stereocenters. The van der Waals surface area contributed by atoms with Crippen molar-refractivity contribution in [3.05, 3.63) is 35.4 Å². The number of benzene rings is 1. The predicted molar refractivity (Wildman–Crippen MR) is 63.7 cm³/mol. The Morgan fingerprint density at radius 2 is 2.12 bits per heavy atom. The summed E-state index contributed by atoms with van der Waals surface area (Å²) in [5.41, 5.74) is 5.58. The molecule has 0 aliphatic rings. The van der Waals surface area contributed by atoms with E-state index in [0.717, 1.165) is 18.2 Å². The van der Waals surface area contributed by atoms with Gasteiger partial charge in [0.05, 0.1) is 6.04 Å². The molecule has 0 saturated heterocycles. The predicted octanol–water partition coefficient (Wildman–Crippen LogP) is 1.74. The summed E-state index contributed by atoms with van der Waals surface area (Å²) in [6.07, 6.45) is 0.497. The largest absolute Gasteiger partial charge is 0.351 e. The zero-order valence-corrected chi connectivity index (χ0v) is 10.2. The lowest BCUT2D eigenvalue weighted by Crippen LogP contribution is -2.39. The molecule has 1 atom stereocenters. The average Bonchev–Trinajstić information content (AvgIpc) is 2.28. The maximum absolute atomic E-state index is 13.2. The second-order valence-corrected chi connectivity index (χ2v) is 3.47. The van der Waals surface area contributed by atoms with Crippen molar-refractivity contribution >= 4 is 18.3 Å². The van der Waals surface area contributed by atoms with Gasteiger partial charge in [-0.3, -0.25) is 4.79 Å². The number of halogens is 3. The maximum Gasteiger partial charge on any atom is 0.237 e. The highest BCUT2D eigenvalue weighted by Crippen LogP contribution is 2.09. The third-order valence-corrected chi connectivity index (χ3v) is 2.24. The van der Waals surface area contributed by atoms with E-state index < -0.39 is 17.7 Å². The van der Waals surface area contributed by atoms with Crippen LogP contribution in [0.2, 0.25) is 0 Å². The van der Waals surface area contributed by atoms with Gasteiger partial charge in [0, 0.05) is 12.1 Å². The Kier molecular flexibility index (Phi) is 6.68. The Morgan fingerprint density at radius 1 is 1.47 bits per heavy atom. The fourth-order valence-electron chi connectivity index (χ4n) is 1.18. The second-order valence-electron chi connectivity index (χ2n) is 3.47. The standard InChI is InChI=1S/C11H14F2N2O.ClH/c1-2-10(14)11(16)15-6-7-5-8(12)3-4-9(7)13;/h3-5,10H,2,6,14H2,1H3,(H,15,16);1H/t10-;/m0./s1. The molecule has 0 aliphatic carbocycles. The maximum atomic E-state index is 13.2. The highest BCUT2D eigenvalue weighted by atomic mass is 35.5. The zero-order valence-electron chi connectivity index (χ0n) is 9.37. The molecular weight excluding hydrogens is 250 g/mol. The van der Waals surface area contributed by atoms with Crippen molar-refractivity contribution in [3.63, 3.8) is 0 Å². The summed E-state index contributed by atoms with van der Waals surface area (Å²) in [7, 11) is 0. The summed E-state index contributed by atoms with van der Waals surface area (Å²) in [6.45, 7) is 1.71. The van der Waals surface area contributed by atoms with Crippen LogP contribution in [-0.4, -0.2) is 11.9 Å². The summed E-state index contributed by atoms with van der Waals surface area (Å²) in [6, 6.07) is 2.49. The number of carbonyl (C=O) groups is 1. The average molecular weight is 265 g/mol. The number of nitrogens with one attached hydrogen (secondary N) is 1. The molecule has 0 bridgehead atoms. The molecule has 3 nitrogen and oxygen atoms in total. The third kappa shape index (κ3) is 4.66. The van der Waals surface area contributed by atoms with Crippen molar-refractivity contribution in [2.45, 2.75) is 25.9 Å². The molecule has 0 heterocycles. The SMILES string of the molecule is CC[C@H](N)C(=O)NCc1cc(F)ccc1F.Cl. The molecule has 1 rings (SSSR count). The summed E-state index contributed by atoms with van der Waals surface area (Å²) in [5.74, 6) is -1.46. The van der Waals surface area contributed by atoms with E-state index in [9.17, 15) is 13.6 Å². The Labute approximate surface area is 105 Å². The lowest BCUT2D eigenvalue weighted by molar-refractivity contribution is -0.122. The van der Waals surface area contributed by atoms with E-state index in [-0.39, 0.29) is 30.4 Å². The van der Waals surface area contributed by atoms with Gasteiger partial charge in [0.15, 0.2) is 0 Å². The molecular formula is C11H15ClF2N2O. The molecule has 17 heavy (non-hydrogen) atoms. The normalized spacial score (nSPS) is 11.5. The van der Waals surface area contributed by atoms with E-state index in [1.54, 1.807) is 6.92 Å². The molecule has 0 spiro atoms. The molecule has 1 aromatic carbocycles. The Morgan fingerprint density at radius 3 is 2.71 bits per heavy atom. The molecule has 0 radical (unpaired) electrons. The van der Waals surface area contributed by atoms with E-state index in [4.69, 9.17) is 5.73 Å².